The van der Waals surface area contributed by atoms with Crippen LogP contribution < -0.4 is 10.7 Å². The number of hydrogen-bond donors (Lipinski definition) is 3. The molecule has 0 unspecified atom stereocenters. The van der Waals surface area contributed by atoms with Gasteiger partial charge in [0.2, 0.25) is 11.3 Å². The van der Waals surface area contributed by atoms with E-state index in [1.807, 2.05) is 30.3 Å². The molecule has 3 aromatic carbocycles. The van der Waals surface area contributed by atoms with Gasteiger partial charge in [0, 0.05) is 23.1 Å². The zero-order valence-electron chi connectivity index (χ0n) is 22.6. The number of methoxy groups -OCH3 is 1. The highest BCUT2D eigenvalue weighted by atomic mass is 16.5. The van der Waals surface area contributed by atoms with E-state index in [9.17, 15) is 14.4 Å². The quantitative estimate of drug-likeness (QED) is 0.200. The maximum atomic E-state index is 13.7. The first-order valence-electron chi connectivity index (χ1n) is 13.6. The number of nitrogens with zero attached hydrogens (tertiary/aromatic N) is 3. The second-order valence-electron chi connectivity index (χ2n) is 10.3. The Bertz CT molecular complexity index is 2040. The van der Waals surface area contributed by atoms with Crippen LogP contribution in [0.5, 0.6) is 0 Å². The molecule has 3 aromatic heterocycles. The van der Waals surface area contributed by atoms with Crippen LogP contribution in [0.15, 0.2) is 76.5 Å². The number of imidazole rings is 2. The van der Waals surface area contributed by atoms with E-state index in [1.54, 1.807) is 41.8 Å². The van der Waals surface area contributed by atoms with Gasteiger partial charge in [-0.3, -0.25) is 9.59 Å². The molecule has 4 heterocycles. The van der Waals surface area contributed by atoms with Crippen LogP contribution in [0.2, 0.25) is 0 Å². The van der Waals surface area contributed by atoms with E-state index in [2.05, 4.69) is 30.0 Å². The molecule has 3 N–H and O–H groups in total. The van der Waals surface area contributed by atoms with E-state index >= 15 is 0 Å². The van der Waals surface area contributed by atoms with Crippen molar-refractivity contribution in [2.24, 2.45) is 0 Å². The molecule has 11 heteroatoms. The van der Waals surface area contributed by atoms with Gasteiger partial charge < -0.3 is 29.3 Å². The SMILES string of the molecule is COC(=O)NCC(=O)N1CCC[C@@H]1c1ncc(-c2ccc3oc4c(ccc5cc(-c6cnc[nH]6)ccc54)c(=O)c3c2)[nH]1. The van der Waals surface area contributed by atoms with Crippen LogP contribution in [0.4, 0.5) is 4.79 Å². The van der Waals surface area contributed by atoms with Crippen molar-refractivity contribution in [2.45, 2.75) is 18.9 Å². The van der Waals surface area contributed by atoms with Gasteiger partial charge in [0.05, 0.1) is 54.0 Å². The van der Waals surface area contributed by atoms with Crippen molar-refractivity contribution >= 4 is 44.7 Å². The Kier molecular flexibility index (Phi) is 6.19. The van der Waals surface area contributed by atoms with Gasteiger partial charge in [-0.15, -0.1) is 0 Å². The monoisotopic (exact) mass is 562 g/mol. The summed E-state index contributed by atoms with van der Waals surface area (Å²) in [4.78, 5) is 54.6. The fourth-order valence-electron chi connectivity index (χ4n) is 5.71. The number of nitrogens with one attached hydrogen (secondary N) is 3. The lowest BCUT2D eigenvalue weighted by molar-refractivity contribution is -0.131. The highest BCUT2D eigenvalue weighted by molar-refractivity contribution is 6.07. The molecule has 1 saturated heterocycles. The number of hydrogen-bond acceptors (Lipinski definition) is 7. The number of carbonyl (C=O) groups excluding carboxylic acids is 2. The van der Waals surface area contributed by atoms with Crippen molar-refractivity contribution in [3.63, 3.8) is 0 Å². The summed E-state index contributed by atoms with van der Waals surface area (Å²) in [6.45, 7) is 0.428. The molecule has 2 amide bonds. The van der Waals surface area contributed by atoms with E-state index in [0.29, 0.717) is 34.3 Å². The number of alkyl carbamates (subject to hydrolysis) is 1. The Morgan fingerprint density at radius 3 is 2.71 bits per heavy atom. The summed E-state index contributed by atoms with van der Waals surface area (Å²) in [5, 5.41) is 5.23. The topological polar surface area (TPSA) is 146 Å². The first-order valence-corrected chi connectivity index (χ1v) is 13.6. The van der Waals surface area contributed by atoms with Gasteiger partial charge in [-0.1, -0.05) is 12.1 Å². The Morgan fingerprint density at radius 1 is 1.05 bits per heavy atom. The molecule has 1 fully saturated rings. The fraction of sp³-hybridized carbons (Fsp3) is 0.194. The van der Waals surface area contributed by atoms with E-state index in [0.717, 1.165) is 46.1 Å². The highest BCUT2D eigenvalue weighted by Gasteiger charge is 2.32. The summed E-state index contributed by atoms with van der Waals surface area (Å²) in [5.41, 5.74) is 4.34. The predicted octanol–water partition coefficient (Wildman–Crippen LogP) is 4.90. The molecule has 0 radical (unpaired) electrons. The summed E-state index contributed by atoms with van der Waals surface area (Å²) in [7, 11) is 1.25. The van der Waals surface area contributed by atoms with Gasteiger partial charge >= 0.3 is 6.09 Å². The van der Waals surface area contributed by atoms with Gasteiger partial charge in [0.1, 0.15) is 23.5 Å². The lowest BCUT2D eigenvalue weighted by atomic mass is 10.0. The summed E-state index contributed by atoms with van der Waals surface area (Å²) in [5.74, 6) is 0.446. The van der Waals surface area contributed by atoms with Crippen molar-refractivity contribution in [1.29, 1.82) is 0 Å². The minimum absolute atomic E-state index is 0.113. The van der Waals surface area contributed by atoms with Crippen molar-refractivity contribution in [3.05, 3.63) is 83.3 Å². The molecule has 0 bridgehead atoms. The van der Waals surface area contributed by atoms with Crippen LogP contribution in [-0.4, -0.2) is 57.0 Å². The lowest BCUT2D eigenvalue weighted by Gasteiger charge is -2.23. The molecule has 1 aliphatic rings. The van der Waals surface area contributed by atoms with E-state index in [4.69, 9.17) is 4.42 Å². The summed E-state index contributed by atoms with van der Waals surface area (Å²) in [6.07, 6.45) is 6.04. The lowest BCUT2D eigenvalue weighted by Crippen LogP contribution is -2.40. The van der Waals surface area contributed by atoms with Crippen molar-refractivity contribution in [2.75, 3.05) is 20.2 Å². The molecular formula is C31H26N6O5. The van der Waals surface area contributed by atoms with Gasteiger partial charge in [-0.05, 0) is 54.6 Å². The summed E-state index contributed by atoms with van der Waals surface area (Å²) in [6, 6.07) is 15.0. The molecule has 210 valence electrons. The molecule has 7 rings (SSSR count). The number of benzene rings is 3. The largest absolute Gasteiger partial charge is 0.455 e. The number of H-pyrrole nitrogens is 2. The second kappa shape index (κ2) is 10.2. The van der Waals surface area contributed by atoms with Crippen molar-refractivity contribution < 1.29 is 18.7 Å². The molecule has 0 saturated carbocycles. The highest BCUT2D eigenvalue weighted by Crippen LogP contribution is 2.33. The second-order valence-corrected chi connectivity index (χ2v) is 10.3. The number of aromatic amines is 2. The third kappa shape index (κ3) is 4.35. The van der Waals surface area contributed by atoms with Crippen molar-refractivity contribution in [3.8, 4) is 22.5 Å². The molecule has 1 aliphatic heterocycles. The van der Waals surface area contributed by atoms with Crippen LogP contribution in [0.1, 0.15) is 24.7 Å². The third-order valence-corrected chi connectivity index (χ3v) is 7.83. The molecule has 42 heavy (non-hydrogen) atoms. The van der Waals surface area contributed by atoms with Gasteiger partial charge in [0.25, 0.3) is 0 Å². The Balaban J connectivity index is 1.20. The Hall–Kier alpha value is -5.45. The van der Waals surface area contributed by atoms with E-state index < -0.39 is 6.09 Å². The van der Waals surface area contributed by atoms with Crippen LogP contribution in [0, 0.1) is 0 Å². The average molecular weight is 563 g/mol. The van der Waals surface area contributed by atoms with Crippen LogP contribution in [0.3, 0.4) is 0 Å². The number of ether oxygens (including phenoxy) is 1. The van der Waals surface area contributed by atoms with Crippen LogP contribution in [-0.2, 0) is 9.53 Å². The Morgan fingerprint density at radius 2 is 1.88 bits per heavy atom. The maximum Gasteiger partial charge on any atom is 0.407 e. The predicted molar refractivity (Wildman–Crippen MR) is 157 cm³/mol. The number of carbonyl (C=O) groups is 2. The minimum atomic E-state index is -0.652. The molecule has 0 aliphatic carbocycles. The molecule has 1 atom stereocenters. The first-order chi connectivity index (χ1) is 20.5. The number of aromatic nitrogens is 4. The fourth-order valence-corrected chi connectivity index (χ4v) is 5.71. The maximum absolute atomic E-state index is 13.7. The number of rotatable bonds is 5. The van der Waals surface area contributed by atoms with Gasteiger partial charge in [-0.2, -0.15) is 0 Å². The zero-order valence-corrected chi connectivity index (χ0v) is 22.6. The Labute approximate surface area is 238 Å². The van der Waals surface area contributed by atoms with Gasteiger partial charge in [-0.25, -0.2) is 14.8 Å². The normalized spacial score (nSPS) is 15.1. The molecule has 11 nitrogen and oxygen atoms in total. The van der Waals surface area contributed by atoms with Crippen LogP contribution in [0.25, 0.3) is 55.2 Å². The van der Waals surface area contributed by atoms with E-state index in [-0.39, 0.29) is 23.9 Å². The smallest absolute Gasteiger partial charge is 0.407 e. The first kappa shape index (κ1) is 25.5. The standard InChI is InChI=1S/C31H26N6O5/c1-41-31(40)34-15-27(38)37-10-2-3-25(37)30-33-14-24(36-30)19-6-9-26-22(12-19)28(39)21-8-4-17-11-18(23-13-32-16-35-23)5-7-20(17)29(21)42-26/h4-9,11-14,16,25H,2-3,10,15H2,1H3,(H,32,35)(H,33,36)(H,34,40)/t25-/m1/s1. The molecule has 6 aromatic rings. The van der Waals surface area contributed by atoms with Crippen molar-refractivity contribution in [1.82, 2.24) is 30.2 Å². The zero-order chi connectivity index (χ0) is 28.8. The third-order valence-electron chi connectivity index (χ3n) is 7.83. The number of amides is 2. The average Bonchev–Trinajstić information content (AvgIpc) is 3.81. The molecule has 0 spiro atoms. The minimum Gasteiger partial charge on any atom is -0.455 e. The summed E-state index contributed by atoms with van der Waals surface area (Å²) >= 11 is 0. The van der Waals surface area contributed by atoms with Crippen LogP contribution >= 0.6 is 0 Å². The van der Waals surface area contributed by atoms with E-state index in [1.165, 1.54) is 7.11 Å². The summed E-state index contributed by atoms with van der Waals surface area (Å²) < 4.78 is 10.9. The van der Waals surface area contributed by atoms with Gasteiger partial charge in [0.15, 0.2) is 0 Å². The number of likely N-dealkylation sites (tertiary alicyclic amines) is 1. The number of fused-ring (bicyclic) bond motifs is 4. The molecular weight excluding hydrogens is 536 g/mol.